The fourth-order valence-electron chi connectivity index (χ4n) is 1.80. The highest BCUT2D eigenvalue weighted by Crippen LogP contribution is 2.19. The first-order valence-electron chi connectivity index (χ1n) is 6.09. The summed E-state index contributed by atoms with van der Waals surface area (Å²) < 4.78 is 0. The minimum absolute atomic E-state index is 0.0222. The average Bonchev–Trinajstić information content (AvgIpc) is 2.94. The molecule has 1 aromatic heterocycles. The molecule has 0 radical (unpaired) electrons. The molecule has 0 atom stereocenters. The van der Waals surface area contributed by atoms with Gasteiger partial charge in [0, 0.05) is 23.4 Å². The van der Waals surface area contributed by atoms with E-state index in [0.29, 0.717) is 11.4 Å². The zero-order valence-electron chi connectivity index (χ0n) is 11.1. The molecule has 2 aromatic rings. The molecule has 0 fully saturated rings. The summed E-state index contributed by atoms with van der Waals surface area (Å²) in [6.45, 7) is 0.861. The molecule has 1 aromatic carbocycles. The zero-order valence-corrected chi connectivity index (χ0v) is 11.9. The minimum atomic E-state index is -0.0222. The Hall–Kier alpha value is -2.30. The molecule has 0 saturated heterocycles. The van der Waals surface area contributed by atoms with Gasteiger partial charge in [0.25, 0.3) is 5.91 Å². The van der Waals surface area contributed by atoms with E-state index in [1.165, 1.54) is 11.3 Å². The van der Waals surface area contributed by atoms with Gasteiger partial charge in [-0.1, -0.05) is 35.4 Å². The summed E-state index contributed by atoms with van der Waals surface area (Å²) in [7, 11) is 1.78. The lowest BCUT2D eigenvalue weighted by Gasteiger charge is -2.16. The maximum absolute atomic E-state index is 12.3. The second-order valence-corrected chi connectivity index (χ2v) is 5.47. The van der Waals surface area contributed by atoms with E-state index in [0.717, 1.165) is 10.4 Å². The monoisotopic (exact) mass is 286 g/mol. The minimum Gasteiger partial charge on any atom is -0.337 e. The van der Waals surface area contributed by atoms with Gasteiger partial charge in [-0.2, -0.15) is 0 Å². The van der Waals surface area contributed by atoms with Crippen LogP contribution in [-0.2, 0) is 13.1 Å². The van der Waals surface area contributed by atoms with Crippen molar-refractivity contribution in [1.82, 2.24) is 4.90 Å². The fraction of sp³-hybridized carbons (Fsp3) is 0.214. The van der Waals surface area contributed by atoms with Crippen LogP contribution in [0.2, 0.25) is 0 Å². The summed E-state index contributed by atoms with van der Waals surface area (Å²) in [6.07, 6.45) is 0. The van der Waals surface area contributed by atoms with Crippen molar-refractivity contribution in [3.63, 3.8) is 0 Å². The second kappa shape index (κ2) is 6.75. The smallest absolute Gasteiger partial charge is 0.263 e. The molecule has 1 amide bonds. The predicted octanol–water partition coefficient (Wildman–Crippen LogP) is 3.83. The van der Waals surface area contributed by atoms with Gasteiger partial charge in [-0.3, -0.25) is 4.79 Å². The SMILES string of the molecule is CN(Cc1ccccc1)C(=O)c1ccc(CN=[N+]=[N-])s1. The first-order valence-corrected chi connectivity index (χ1v) is 6.91. The topological polar surface area (TPSA) is 69.1 Å². The molecule has 0 N–H and O–H groups in total. The van der Waals surface area contributed by atoms with Gasteiger partial charge in [0.2, 0.25) is 0 Å². The quantitative estimate of drug-likeness (QED) is 0.468. The largest absolute Gasteiger partial charge is 0.337 e. The molecule has 0 aliphatic rings. The lowest BCUT2D eigenvalue weighted by molar-refractivity contribution is 0.0790. The fourth-order valence-corrected chi connectivity index (χ4v) is 2.72. The number of amides is 1. The molecule has 0 aliphatic heterocycles. The molecule has 0 bridgehead atoms. The third-order valence-electron chi connectivity index (χ3n) is 2.77. The summed E-state index contributed by atoms with van der Waals surface area (Å²) in [5.41, 5.74) is 9.38. The summed E-state index contributed by atoms with van der Waals surface area (Å²) in [5, 5.41) is 3.49. The van der Waals surface area contributed by atoms with Crippen molar-refractivity contribution in [3.8, 4) is 0 Å². The van der Waals surface area contributed by atoms with Crippen LogP contribution >= 0.6 is 11.3 Å². The first-order chi connectivity index (χ1) is 9.70. The Bertz CT molecular complexity index is 632. The van der Waals surface area contributed by atoms with Crippen LogP contribution in [0.3, 0.4) is 0 Å². The number of benzene rings is 1. The van der Waals surface area contributed by atoms with E-state index in [1.54, 1.807) is 18.0 Å². The molecule has 0 saturated carbocycles. The van der Waals surface area contributed by atoms with Gasteiger partial charge in [0.15, 0.2) is 0 Å². The number of rotatable bonds is 5. The Morgan fingerprint density at radius 3 is 2.75 bits per heavy atom. The van der Waals surface area contributed by atoms with Crippen LogP contribution in [0.15, 0.2) is 47.6 Å². The van der Waals surface area contributed by atoms with Gasteiger partial charge in [0.05, 0.1) is 11.4 Å². The molecule has 102 valence electrons. The van der Waals surface area contributed by atoms with Crippen molar-refractivity contribution in [2.24, 2.45) is 5.11 Å². The van der Waals surface area contributed by atoms with Gasteiger partial charge in [0.1, 0.15) is 0 Å². The number of hydrogen-bond donors (Lipinski definition) is 0. The number of carbonyl (C=O) groups excluding carboxylic acids is 1. The van der Waals surface area contributed by atoms with Crippen molar-refractivity contribution < 1.29 is 4.79 Å². The summed E-state index contributed by atoms with van der Waals surface area (Å²) >= 11 is 1.36. The van der Waals surface area contributed by atoms with Crippen LogP contribution in [0, 0.1) is 0 Å². The summed E-state index contributed by atoms with van der Waals surface area (Å²) in [4.78, 5) is 18.2. The van der Waals surface area contributed by atoms with Gasteiger partial charge < -0.3 is 4.90 Å². The molecular weight excluding hydrogens is 272 g/mol. The van der Waals surface area contributed by atoms with Gasteiger partial charge >= 0.3 is 0 Å². The number of carbonyl (C=O) groups is 1. The van der Waals surface area contributed by atoms with E-state index in [4.69, 9.17) is 5.53 Å². The van der Waals surface area contributed by atoms with Crippen molar-refractivity contribution >= 4 is 17.2 Å². The Morgan fingerprint density at radius 2 is 2.05 bits per heavy atom. The van der Waals surface area contributed by atoms with E-state index in [9.17, 15) is 4.79 Å². The Morgan fingerprint density at radius 1 is 1.30 bits per heavy atom. The highest BCUT2D eigenvalue weighted by Gasteiger charge is 2.14. The average molecular weight is 286 g/mol. The van der Waals surface area contributed by atoms with Crippen molar-refractivity contribution in [3.05, 3.63) is 68.2 Å². The van der Waals surface area contributed by atoms with E-state index >= 15 is 0 Å². The van der Waals surface area contributed by atoms with Crippen LogP contribution in [0.4, 0.5) is 0 Å². The molecule has 0 unspecified atom stereocenters. The lowest BCUT2D eigenvalue weighted by Crippen LogP contribution is -2.25. The molecular formula is C14H14N4OS. The summed E-state index contributed by atoms with van der Waals surface area (Å²) in [6, 6.07) is 13.4. The van der Waals surface area contributed by atoms with Crippen LogP contribution in [0.25, 0.3) is 10.4 Å². The highest BCUT2D eigenvalue weighted by atomic mass is 32.1. The highest BCUT2D eigenvalue weighted by molar-refractivity contribution is 7.14. The van der Waals surface area contributed by atoms with E-state index in [2.05, 4.69) is 10.0 Å². The predicted molar refractivity (Wildman–Crippen MR) is 79.4 cm³/mol. The second-order valence-electron chi connectivity index (χ2n) is 4.30. The molecule has 0 aliphatic carbocycles. The molecule has 2 rings (SSSR count). The van der Waals surface area contributed by atoms with Crippen LogP contribution < -0.4 is 0 Å². The number of azide groups is 1. The van der Waals surface area contributed by atoms with E-state index < -0.39 is 0 Å². The van der Waals surface area contributed by atoms with Gasteiger partial charge in [-0.05, 0) is 23.2 Å². The molecule has 20 heavy (non-hydrogen) atoms. The third kappa shape index (κ3) is 3.60. The van der Waals surface area contributed by atoms with Crippen LogP contribution in [-0.4, -0.2) is 17.9 Å². The standard InChI is InChI=1S/C14H14N4OS/c1-18(10-11-5-3-2-4-6-11)14(19)13-8-7-12(20-13)9-16-17-15/h2-8H,9-10H2,1H3. The molecule has 6 heteroatoms. The normalized spacial score (nSPS) is 9.85. The zero-order chi connectivity index (χ0) is 14.4. The van der Waals surface area contributed by atoms with E-state index in [-0.39, 0.29) is 12.5 Å². The first kappa shape index (κ1) is 14.1. The summed E-state index contributed by atoms with van der Waals surface area (Å²) in [5.74, 6) is -0.0222. The third-order valence-corrected chi connectivity index (χ3v) is 3.83. The van der Waals surface area contributed by atoms with Crippen molar-refractivity contribution in [2.45, 2.75) is 13.1 Å². The van der Waals surface area contributed by atoms with Crippen LogP contribution in [0.5, 0.6) is 0 Å². The van der Waals surface area contributed by atoms with Gasteiger partial charge in [-0.25, -0.2) is 0 Å². The Kier molecular flexibility index (Phi) is 4.76. The molecule has 0 spiro atoms. The molecule has 1 heterocycles. The molecule has 5 nitrogen and oxygen atoms in total. The lowest BCUT2D eigenvalue weighted by atomic mass is 10.2. The van der Waals surface area contributed by atoms with E-state index in [1.807, 2.05) is 36.4 Å². The number of thiophene rings is 1. The Labute approximate surface area is 121 Å². The van der Waals surface area contributed by atoms with Gasteiger partial charge in [-0.15, -0.1) is 11.3 Å². The van der Waals surface area contributed by atoms with Crippen LogP contribution in [0.1, 0.15) is 20.1 Å². The van der Waals surface area contributed by atoms with Crippen molar-refractivity contribution in [1.29, 1.82) is 0 Å². The number of nitrogens with zero attached hydrogens (tertiary/aromatic N) is 4. The van der Waals surface area contributed by atoms with Crippen molar-refractivity contribution in [2.75, 3.05) is 7.05 Å². The maximum Gasteiger partial charge on any atom is 0.263 e. The Balaban J connectivity index is 2.03. The maximum atomic E-state index is 12.3. The number of hydrogen-bond acceptors (Lipinski definition) is 3.